The lowest BCUT2D eigenvalue weighted by molar-refractivity contribution is -0.167. The zero-order valence-electron chi connectivity index (χ0n) is 12.5. The van der Waals surface area contributed by atoms with Gasteiger partial charge in [-0.3, -0.25) is 10.0 Å². The van der Waals surface area contributed by atoms with Crippen LogP contribution < -0.4 is 0 Å². The molecular weight excluding hydrogens is 281 g/mol. The SMILES string of the molecule is CC(=O)N(O)[C@@H](C)/C=C/c1cccc(-c2cccc(F)c2)c1. The first kappa shape index (κ1) is 15.9. The Hall–Kier alpha value is -2.46. The molecule has 0 saturated heterocycles. The second kappa shape index (κ2) is 7.00. The van der Waals surface area contributed by atoms with Gasteiger partial charge in [-0.25, -0.2) is 9.45 Å². The van der Waals surface area contributed by atoms with Crippen molar-refractivity contribution in [3.63, 3.8) is 0 Å². The van der Waals surface area contributed by atoms with Crippen LogP contribution in [0.4, 0.5) is 4.39 Å². The fourth-order valence-corrected chi connectivity index (χ4v) is 2.11. The van der Waals surface area contributed by atoms with Gasteiger partial charge in [0.15, 0.2) is 0 Å². The topological polar surface area (TPSA) is 40.5 Å². The second-order valence-corrected chi connectivity index (χ2v) is 5.10. The van der Waals surface area contributed by atoms with Crippen LogP contribution in [-0.4, -0.2) is 22.2 Å². The van der Waals surface area contributed by atoms with Gasteiger partial charge in [-0.2, -0.15) is 0 Å². The highest BCUT2D eigenvalue weighted by molar-refractivity contribution is 5.72. The number of halogens is 1. The van der Waals surface area contributed by atoms with Crippen LogP contribution in [0.1, 0.15) is 19.4 Å². The first-order chi connectivity index (χ1) is 10.5. The molecule has 0 unspecified atom stereocenters. The fourth-order valence-electron chi connectivity index (χ4n) is 2.11. The molecule has 1 N–H and O–H groups in total. The van der Waals surface area contributed by atoms with Gasteiger partial charge < -0.3 is 0 Å². The average molecular weight is 299 g/mol. The van der Waals surface area contributed by atoms with E-state index in [0.717, 1.165) is 16.7 Å². The summed E-state index contributed by atoms with van der Waals surface area (Å²) in [4.78, 5) is 11.1. The Morgan fingerprint density at radius 3 is 2.45 bits per heavy atom. The lowest BCUT2D eigenvalue weighted by atomic mass is 10.0. The normalized spacial score (nSPS) is 12.4. The van der Waals surface area contributed by atoms with Crippen molar-refractivity contribution < 1.29 is 14.4 Å². The van der Waals surface area contributed by atoms with Crippen LogP contribution >= 0.6 is 0 Å². The highest BCUT2D eigenvalue weighted by Gasteiger charge is 2.10. The Kier molecular flexibility index (Phi) is 5.07. The van der Waals surface area contributed by atoms with Crippen molar-refractivity contribution in [1.82, 2.24) is 5.06 Å². The van der Waals surface area contributed by atoms with Crippen LogP contribution in [0.2, 0.25) is 0 Å². The molecular formula is C18H18FNO2. The Bertz CT molecular complexity index is 697. The van der Waals surface area contributed by atoms with E-state index in [0.29, 0.717) is 5.06 Å². The minimum absolute atomic E-state index is 0.274. The summed E-state index contributed by atoms with van der Waals surface area (Å²) in [6.45, 7) is 3.02. The van der Waals surface area contributed by atoms with E-state index in [-0.39, 0.29) is 5.82 Å². The highest BCUT2D eigenvalue weighted by Crippen LogP contribution is 2.22. The molecule has 2 aromatic rings. The number of rotatable bonds is 4. The van der Waals surface area contributed by atoms with Crippen molar-refractivity contribution in [2.45, 2.75) is 19.9 Å². The number of nitrogens with zero attached hydrogens (tertiary/aromatic N) is 1. The van der Waals surface area contributed by atoms with Crippen molar-refractivity contribution >= 4 is 12.0 Å². The van der Waals surface area contributed by atoms with Crippen LogP contribution in [0, 0.1) is 5.82 Å². The number of carbonyl (C=O) groups is 1. The summed E-state index contributed by atoms with van der Waals surface area (Å²) in [6.07, 6.45) is 3.55. The highest BCUT2D eigenvalue weighted by atomic mass is 19.1. The Morgan fingerprint density at radius 1 is 1.18 bits per heavy atom. The quantitative estimate of drug-likeness (QED) is 0.681. The van der Waals surface area contributed by atoms with E-state index in [2.05, 4.69) is 0 Å². The number of benzene rings is 2. The predicted molar refractivity (Wildman–Crippen MR) is 84.6 cm³/mol. The summed E-state index contributed by atoms with van der Waals surface area (Å²) in [7, 11) is 0. The molecule has 0 aliphatic heterocycles. The maximum atomic E-state index is 13.3. The van der Waals surface area contributed by atoms with Gasteiger partial charge in [-0.15, -0.1) is 0 Å². The summed E-state index contributed by atoms with van der Waals surface area (Å²) in [5.74, 6) is -0.685. The zero-order valence-corrected chi connectivity index (χ0v) is 12.5. The molecule has 0 spiro atoms. The maximum absolute atomic E-state index is 13.3. The molecule has 22 heavy (non-hydrogen) atoms. The monoisotopic (exact) mass is 299 g/mol. The van der Waals surface area contributed by atoms with Crippen LogP contribution in [0.25, 0.3) is 17.2 Å². The number of hydroxylamine groups is 2. The van der Waals surface area contributed by atoms with E-state index in [4.69, 9.17) is 0 Å². The van der Waals surface area contributed by atoms with Gasteiger partial charge in [-0.05, 0) is 41.8 Å². The van der Waals surface area contributed by atoms with Crippen LogP contribution in [0.3, 0.4) is 0 Å². The molecule has 0 fully saturated rings. The summed E-state index contributed by atoms with van der Waals surface area (Å²) in [5, 5.41) is 10.2. The summed E-state index contributed by atoms with van der Waals surface area (Å²) in [5.41, 5.74) is 2.61. The standard InChI is InChI=1S/C18H18FNO2/c1-13(20(22)14(2)21)9-10-15-5-3-6-16(11-15)17-7-4-8-18(19)12-17/h3-13,22H,1-2H3/b10-9+/t13-/m0/s1. The molecule has 114 valence electrons. The molecule has 2 rings (SSSR count). The smallest absolute Gasteiger partial charge is 0.243 e. The van der Waals surface area contributed by atoms with Gasteiger partial charge in [-0.1, -0.05) is 42.5 Å². The number of carbonyl (C=O) groups excluding carboxylic acids is 1. The van der Waals surface area contributed by atoms with E-state index in [9.17, 15) is 14.4 Å². The van der Waals surface area contributed by atoms with Gasteiger partial charge in [0.25, 0.3) is 0 Å². The van der Waals surface area contributed by atoms with E-state index >= 15 is 0 Å². The molecule has 0 aliphatic carbocycles. The molecule has 0 aromatic heterocycles. The van der Waals surface area contributed by atoms with Crippen molar-refractivity contribution in [2.24, 2.45) is 0 Å². The molecule has 0 heterocycles. The largest absolute Gasteiger partial charge is 0.285 e. The Morgan fingerprint density at radius 2 is 1.82 bits per heavy atom. The van der Waals surface area contributed by atoms with E-state index in [1.54, 1.807) is 19.1 Å². The molecule has 0 radical (unpaired) electrons. The van der Waals surface area contributed by atoms with Gasteiger partial charge in [0.1, 0.15) is 5.82 Å². The first-order valence-corrected chi connectivity index (χ1v) is 7.00. The Labute approximate surface area is 129 Å². The first-order valence-electron chi connectivity index (χ1n) is 7.00. The van der Waals surface area contributed by atoms with Crippen LogP contribution in [0.5, 0.6) is 0 Å². The van der Waals surface area contributed by atoms with E-state index < -0.39 is 11.9 Å². The number of amides is 1. The molecule has 0 bridgehead atoms. The van der Waals surface area contributed by atoms with Crippen molar-refractivity contribution in [1.29, 1.82) is 0 Å². The van der Waals surface area contributed by atoms with Crippen LogP contribution in [0.15, 0.2) is 54.6 Å². The van der Waals surface area contributed by atoms with Crippen LogP contribution in [-0.2, 0) is 4.79 Å². The zero-order chi connectivity index (χ0) is 16.1. The lowest BCUT2D eigenvalue weighted by Crippen LogP contribution is -2.32. The minimum atomic E-state index is -0.421. The molecule has 4 heteroatoms. The fraction of sp³-hybridized carbons (Fsp3) is 0.167. The molecule has 0 saturated carbocycles. The summed E-state index contributed by atoms with van der Waals surface area (Å²) < 4.78 is 13.3. The van der Waals surface area contributed by atoms with Gasteiger partial charge in [0, 0.05) is 6.92 Å². The van der Waals surface area contributed by atoms with Gasteiger partial charge >= 0.3 is 0 Å². The predicted octanol–water partition coefficient (Wildman–Crippen LogP) is 4.13. The van der Waals surface area contributed by atoms with Crippen molar-refractivity contribution in [2.75, 3.05) is 0 Å². The lowest BCUT2D eigenvalue weighted by Gasteiger charge is -2.17. The average Bonchev–Trinajstić information content (AvgIpc) is 2.52. The van der Waals surface area contributed by atoms with Crippen molar-refractivity contribution in [3.8, 4) is 11.1 Å². The number of hydrogen-bond acceptors (Lipinski definition) is 2. The van der Waals surface area contributed by atoms with Gasteiger partial charge in [0.2, 0.25) is 5.91 Å². The number of hydrogen-bond donors (Lipinski definition) is 1. The minimum Gasteiger partial charge on any atom is -0.285 e. The summed E-state index contributed by atoms with van der Waals surface area (Å²) >= 11 is 0. The third-order valence-corrected chi connectivity index (χ3v) is 3.32. The Balaban J connectivity index is 2.20. The molecule has 1 amide bonds. The summed E-state index contributed by atoms with van der Waals surface area (Å²) in [6, 6.07) is 13.6. The molecule has 3 nitrogen and oxygen atoms in total. The van der Waals surface area contributed by atoms with E-state index in [1.807, 2.05) is 36.4 Å². The van der Waals surface area contributed by atoms with Crippen molar-refractivity contribution in [3.05, 3.63) is 66.0 Å². The maximum Gasteiger partial charge on any atom is 0.243 e. The third-order valence-electron chi connectivity index (χ3n) is 3.32. The molecule has 1 atom stereocenters. The second-order valence-electron chi connectivity index (χ2n) is 5.10. The molecule has 2 aromatic carbocycles. The third kappa shape index (κ3) is 4.02. The van der Waals surface area contributed by atoms with E-state index in [1.165, 1.54) is 19.1 Å². The van der Waals surface area contributed by atoms with Gasteiger partial charge in [0.05, 0.1) is 6.04 Å². The molecule has 0 aliphatic rings.